The second kappa shape index (κ2) is 6.69. The second-order valence-corrected chi connectivity index (χ2v) is 4.71. The predicted octanol–water partition coefficient (Wildman–Crippen LogP) is 3.71. The van der Waals surface area contributed by atoms with Gasteiger partial charge in [-0.25, -0.2) is 0 Å². The zero-order valence-corrected chi connectivity index (χ0v) is 11.5. The van der Waals surface area contributed by atoms with Crippen molar-refractivity contribution in [1.29, 1.82) is 0 Å². The first-order chi connectivity index (χ1) is 7.69. The van der Waals surface area contributed by atoms with Crippen LogP contribution in [0.5, 0.6) is 0 Å². The second-order valence-electron chi connectivity index (χ2n) is 3.80. The Morgan fingerprint density at radius 3 is 2.06 bits per heavy atom. The molecular weight excluding hydrogens is 266 g/mol. The van der Waals surface area contributed by atoms with E-state index in [1.54, 1.807) is 0 Å². The van der Waals surface area contributed by atoms with Crippen molar-refractivity contribution in [3.63, 3.8) is 0 Å². The lowest BCUT2D eigenvalue weighted by atomic mass is 10.2. The van der Waals surface area contributed by atoms with E-state index in [1.807, 2.05) is 29.2 Å². The van der Waals surface area contributed by atoms with Crippen LogP contribution in [-0.2, 0) is 0 Å². The molecule has 0 radical (unpaired) electrons. The Balaban J connectivity index is 2.77. The van der Waals surface area contributed by atoms with Crippen molar-refractivity contribution in [2.24, 2.45) is 0 Å². The number of halogens is 1. The first-order valence-electron chi connectivity index (χ1n) is 5.73. The molecule has 0 saturated heterocycles. The van der Waals surface area contributed by atoms with Gasteiger partial charge in [0.15, 0.2) is 0 Å². The molecule has 3 heteroatoms. The summed E-state index contributed by atoms with van der Waals surface area (Å²) in [6, 6.07) is 7.54. The average Bonchev–Trinajstić information content (AvgIpc) is 2.29. The smallest absolute Gasteiger partial charge is 0.253 e. The van der Waals surface area contributed by atoms with Crippen LogP contribution in [0.1, 0.15) is 37.0 Å². The van der Waals surface area contributed by atoms with Crippen LogP contribution < -0.4 is 0 Å². The number of rotatable bonds is 5. The molecule has 0 atom stereocenters. The van der Waals surface area contributed by atoms with Crippen molar-refractivity contribution in [2.45, 2.75) is 26.7 Å². The van der Waals surface area contributed by atoms with Crippen LogP contribution in [0.3, 0.4) is 0 Å². The third-order valence-corrected chi connectivity index (χ3v) is 2.89. The molecule has 0 aliphatic carbocycles. The van der Waals surface area contributed by atoms with Crippen LogP contribution in [-0.4, -0.2) is 23.9 Å². The fourth-order valence-corrected chi connectivity index (χ4v) is 1.89. The van der Waals surface area contributed by atoms with E-state index in [1.165, 1.54) is 0 Å². The van der Waals surface area contributed by atoms with E-state index >= 15 is 0 Å². The number of benzene rings is 1. The number of nitrogens with zero attached hydrogens (tertiary/aromatic N) is 1. The van der Waals surface area contributed by atoms with Gasteiger partial charge in [-0.2, -0.15) is 0 Å². The summed E-state index contributed by atoms with van der Waals surface area (Å²) in [6.07, 6.45) is 2.00. The lowest BCUT2D eigenvalue weighted by molar-refractivity contribution is 0.0755. The zero-order valence-electron chi connectivity index (χ0n) is 9.87. The van der Waals surface area contributed by atoms with E-state index in [0.29, 0.717) is 0 Å². The first-order valence-corrected chi connectivity index (χ1v) is 6.53. The maximum atomic E-state index is 12.1. The van der Waals surface area contributed by atoms with Crippen LogP contribution >= 0.6 is 15.9 Å². The molecule has 0 saturated carbocycles. The highest BCUT2D eigenvalue weighted by Gasteiger charge is 2.13. The van der Waals surface area contributed by atoms with Gasteiger partial charge in [0, 0.05) is 23.1 Å². The lowest BCUT2D eigenvalue weighted by Crippen LogP contribution is -2.32. The SMILES string of the molecule is CCCN(CCC)C(=O)c1ccc(Br)cc1. The monoisotopic (exact) mass is 283 g/mol. The molecule has 1 amide bonds. The van der Waals surface area contributed by atoms with Gasteiger partial charge in [0.1, 0.15) is 0 Å². The Bertz CT molecular complexity index is 328. The summed E-state index contributed by atoms with van der Waals surface area (Å²) < 4.78 is 1.00. The van der Waals surface area contributed by atoms with Crippen molar-refractivity contribution < 1.29 is 4.79 Å². The Hall–Kier alpha value is -0.830. The van der Waals surface area contributed by atoms with Crippen LogP contribution in [0.15, 0.2) is 28.7 Å². The molecule has 1 aromatic rings. The minimum atomic E-state index is 0.135. The van der Waals surface area contributed by atoms with Crippen molar-refractivity contribution in [1.82, 2.24) is 4.90 Å². The van der Waals surface area contributed by atoms with Crippen molar-refractivity contribution in [3.8, 4) is 0 Å². The molecule has 0 heterocycles. The highest BCUT2D eigenvalue weighted by Crippen LogP contribution is 2.12. The van der Waals surface area contributed by atoms with Crippen LogP contribution in [0.4, 0.5) is 0 Å². The first kappa shape index (κ1) is 13.2. The van der Waals surface area contributed by atoms with E-state index in [4.69, 9.17) is 0 Å². The summed E-state index contributed by atoms with van der Waals surface area (Å²) in [7, 11) is 0. The fraction of sp³-hybridized carbons (Fsp3) is 0.462. The Labute approximate surface area is 106 Å². The summed E-state index contributed by atoms with van der Waals surface area (Å²) in [4.78, 5) is 14.1. The summed E-state index contributed by atoms with van der Waals surface area (Å²) in [6.45, 7) is 5.86. The standard InChI is InChI=1S/C13H18BrNO/c1-3-9-15(10-4-2)13(16)11-5-7-12(14)8-6-11/h5-8H,3-4,9-10H2,1-2H3. The third kappa shape index (κ3) is 3.63. The quantitative estimate of drug-likeness (QED) is 0.807. The molecule has 1 aromatic carbocycles. The maximum Gasteiger partial charge on any atom is 0.253 e. The molecule has 0 aromatic heterocycles. The van der Waals surface area contributed by atoms with Gasteiger partial charge in [0.2, 0.25) is 0 Å². The largest absolute Gasteiger partial charge is 0.339 e. The van der Waals surface area contributed by atoms with E-state index in [9.17, 15) is 4.79 Å². The topological polar surface area (TPSA) is 20.3 Å². The average molecular weight is 284 g/mol. The maximum absolute atomic E-state index is 12.1. The number of hydrogen-bond donors (Lipinski definition) is 0. The summed E-state index contributed by atoms with van der Waals surface area (Å²) >= 11 is 3.37. The third-order valence-electron chi connectivity index (χ3n) is 2.37. The van der Waals surface area contributed by atoms with E-state index in [0.717, 1.165) is 36.0 Å². The number of carbonyl (C=O) groups excluding carboxylic acids is 1. The Morgan fingerprint density at radius 1 is 1.12 bits per heavy atom. The Morgan fingerprint density at radius 2 is 1.62 bits per heavy atom. The minimum absolute atomic E-state index is 0.135. The van der Waals surface area contributed by atoms with Crippen LogP contribution in [0, 0.1) is 0 Å². The molecular formula is C13H18BrNO. The van der Waals surface area contributed by atoms with Crippen molar-refractivity contribution >= 4 is 21.8 Å². The molecule has 0 bridgehead atoms. The number of hydrogen-bond acceptors (Lipinski definition) is 1. The molecule has 0 unspecified atom stereocenters. The van der Waals surface area contributed by atoms with Crippen molar-refractivity contribution in [2.75, 3.05) is 13.1 Å². The van der Waals surface area contributed by atoms with Crippen molar-refractivity contribution in [3.05, 3.63) is 34.3 Å². The minimum Gasteiger partial charge on any atom is -0.339 e. The molecule has 16 heavy (non-hydrogen) atoms. The highest BCUT2D eigenvalue weighted by atomic mass is 79.9. The predicted molar refractivity (Wildman–Crippen MR) is 70.6 cm³/mol. The Kier molecular flexibility index (Phi) is 5.53. The molecule has 0 aliphatic heterocycles. The molecule has 0 spiro atoms. The number of carbonyl (C=O) groups is 1. The molecule has 0 N–H and O–H groups in total. The zero-order chi connectivity index (χ0) is 12.0. The van der Waals surface area contributed by atoms with Gasteiger partial charge in [-0.15, -0.1) is 0 Å². The van der Waals surface area contributed by atoms with E-state index in [-0.39, 0.29) is 5.91 Å². The van der Waals surface area contributed by atoms with Gasteiger partial charge in [-0.3, -0.25) is 4.79 Å². The number of amides is 1. The normalized spacial score (nSPS) is 10.2. The fourth-order valence-electron chi connectivity index (χ4n) is 1.63. The van der Waals surface area contributed by atoms with Gasteiger partial charge in [-0.05, 0) is 37.1 Å². The summed E-state index contributed by atoms with van der Waals surface area (Å²) in [5.41, 5.74) is 0.769. The molecule has 0 fully saturated rings. The summed E-state index contributed by atoms with van der Waals surface area (Å²) in [5, 5.41) is 0. The molecule has 1 rings (SSSR count). The summed E-state index contributed by atoms with van der Waals surface area (Å²) in [5.74, 6) is 0.135. The molecule has 88 valence electrons. The lowest BCUT2D eigenvalue weighted by Gasteiger charge is -2.21. The van der Waals surface area contributed by atoms with Gasteiger partial charge >= 0.3 is 0 Å². The van der Waals surface area contributed by atoms with E-state index in [2.05, 4.69) is 29.8 Å². The molecule has 0 aliphatic rings. The van der Waals surface area contributed by atoms with Crippen LogP contribution in [0.2, 0.25) is 0 Å². The van der Waals surface area contributed by atoms with E-state index < -0.39 is 0 Å². The molecule has 2 nitrogen and oxygen atoms in total. The van der Waals surface area contributed by atoms with Gasteiger partial charge < -0.3 is 4.90 Å². The highest BCUT2D eigenvalue weighted by molar-refractivity contribution is 9.10. The van der Waals surface area contributed by atoms with Crippen LogP contribution in [0.25, 0.3) is 0 Å². The van der Waals surface area contributed by atoms with Gasteiger partial charge in [0.05, 0.1) is 0 Å². The van der Waals surface area contributed by atoms with Gasteiger partial charge in [0.25, 0.3) is 5.91 Å². The van der Waals surface area contributed by atoms with Gasteiger partial charge in [-0.1, -0.05) is 29.8 Å².